The third-order valence-electron chi connectivity index (χ3n) is 5.59. The highest BCUT2D eigenvalue weighted by molar-refractivity contribution is 7.80. The van der Waals surface area contributed by atoms with Crippen LogP contribution in [0.3, 0.4) is 0 Å². The first-order valence-electron chi connectivity index (χ1n) is 9.64. The van der Waals surface area contributed by atoms with E-state index in [1.165, 1.54) is 16.5 Å². The maximum Gasteiger partial charge on any atom is 0.167 e. The number of fused-ring (bicyclic) bond motifs is 1. The van der Waals surface area contributed by atoms with Crippen LogP contribution in [0.1, 0.15) is 29.3 Å². The van der Waals surface area contributed by atoms with Crippen molar-refractivity contribution in [3.8, 4) is 0 Å². The van der Waals surface area contributed by atoms with Gasteiger partial charge in [0.05, 0.1) is 18.1 Å². The fraction of sp³-hybridized carbons (Fsp3) is 0.125. The Hall–Kier alpha value is -2.82. The van der Waals surface area contributed by atoms with Crippen LogP contribution in [0.15, 0.2) is 91.1 Å². The molecule has 3 atom stereocenters. The lowest BCUT2D eigenvalue weighted by Crippen LogP contribution is -2.52. The van der Waals surface area contributed by atoms with Gasteiger partial charge in [0.15, 0.2) is 5.11 Å². The van der Waals surface area contributed by atoms with Gasteiger partial charge >= 0.3 is 0 Å². The molecular formula is C24H20ClN3S. The quantitative estimate of drug-likeness (QED) is 0.413. The van der Waals surface area contributed by atoms with Crippen molar-refractivity contribution in [1.29, 1.82) is 0 Å². The molecule has 0 saturated carbocycles. The van der Waals surface area contributed by atoms with Crippen LogP contribution < -0.4 is 10.6 Å². The molecule has 4 aromatic rings. The molecular weight excluding hydrogens is 398 g/mol. The van der Waals surface area contributed by atoms with Gasteiger partial charge in [0, 0.05) is 16.7 Å². The van der Waals surface area contributed by atoms with Crippen molar-refractivity contribution in [2.24, 2.45) is 0 Å². The number of halogens is 1. The Morgan fingerprint density at radius 3 is 2.07 bits per heavy atom. The second-order valence-corrected chi connectivity index (χ2v) is 8.15. The minimum Gasteiger partial charge on any atom is -0.354 e. The van der Waals surface area contributed by atoms with Crippen LogP contribution in [-0.2, 0) is 0 Å². The van der Waals surface area contributed by atoms with E-state index in [4.69, 9.17) is 23.8 Å². The zero-order valence-corrected chi connectivity index (χ0v) is 17.2. The highest BCUT2D eigenvalue weighted by Gasteiger charge is 2.38. The molecule has 0 spiro atoms. The average molecular weight is 418 g/mol. The number of nitrogens with zero attached hydrogens (tertiary/aromatic N) is 1. The summed E-state index contributed by atoms with van der Waals surface area (Å²) in [5, 5.41) is 9.64. The van der Waals surface area contributed by atoms with E-state index >= 15 is 0 Å². The summed E-state index contributed by atoms with van der Waals surface area (Å²) in [5.74, 6) is 0. The molecule has 1 aromatic heterocycles. The number of nitrogens with one attached hydrogen (secondary N) is 2. The van der Waals surface area contributed by atoms with Crippen LogP contribution in [0, 0.1) is 0 Å². The van der Waals surface area contributed by atoms with Crippen molar-refractivity contribution in [3.05, 3.63) is 107 Å². The number of aromatic nitrogens is 1. The van der Waals surface area contributed by atoms with Gasteiger partial charge in [-0.2, -0.15) is 0 Å². The molecule has 144 valence electrons. The van der Waals surface area contributed by atoms with Gasteiger partial charge < -0.3 is 15.2 Å². The lowest BCUT2D eigenvalue weighted by atomic mass is 9.87. The summed E-state index contributed by atoms with van der Waals surface area (Å²) in [5.41, 5.74) is 3.56. The van der Waals surface area contributed by atoms with E-state index in [1.54, 1.807) is 0 Å². The van der Waals surface area contributed by atoms with Crippen LogP contribution in [-0.4, -0.2) is 9.68 Å². The van der Waals surface area contributed by atoms with Gasteiger partial charge in [-0.3, -0.25) is 0 Å². The number of thiocarbonyl (C=S) groups is 1. The fourth-order valence-corrected chi connectivity index (χ4v) is 4.64. The standard InChI is InChI=1S/C24H20ClN3S/c25-19-12-10-18(11-13-19)22-23(28-15-14-16-6-4-5-9-20(16)28)21(26-24(29)27-22)17-7-2-1-3-8-17/h1-15,21-23H,(H2,26,27,29). The number of hydrogen-bond acceptors (Lipinski definition) is 1. The van der Waals surface area contributed by atoms with Crippen LogP contribution >= 0.6 is 23.8 Å². The Balaban J connectivity index is 1.69. The van der Waals surface area contributed by atoms with Crippen molar-refractivity contribution >= 4 is 39.8 Å². The van der Waals surface area contributed by atoms with Crippen LogP contribution in [0.4, 0.5) is 0 Å². The molecule has 1 aliphatic heterocycles. The Labute approximate surface area is 180 Å². The number of hydrogen-bond donors (Lipinski definition) is 2. The molecule has 1 aliphatic rings. The highest BCUT2D eigenvalue weighted by Crippen LogP contribution is 2.41. The molecule has 3 aromatic carbocycles. The van der Waals surface area contributed by atoms with Gasteiger partial charge in [0.25, 0.3) is 0 Å². The highest BCUT2D eigenvalue weighted by atomic mass is 35.5. The molecule has 3 nitrogen and oxygen atoms in total. The van der Waals surface area contributed by atoms with Crippen LogP contribution in [0.25, 0.3) is 10.9 Å². The van der Waals surface area contributed by atoms with Gasteiger partial charge in [0.1, 0.15) is 0 Å². The Morgan fingerprint density at radius 2 is 1.34 bits per heavy atom. The third kappa shape index (κ3) is 3.39. The monoisotopic (exact) mass is 417 g/mol. The van der Waals surface area contributed by atoms with E-state index in [9.17, 15) is 0 Å². The van der Waals surface area contributed by atoms with Crippen molar-refractivity contribution < 1.29 is 0 Å². The van der Waals surface area contributed by atoms with Crippen molar-refractivity contribution in [2.75, 3.05) is 0 Å². The first-order valence-corrected chi connectivity index (χ1v) is 10.4. The lowest BCUT2D eigenvalue weighted by molar-refractivity contribution is 0.294. The maximum absolute atomic E-state index is 6.15. The summed E-state index contributed by atoms with van der Waals surface area (Å²) in [7, 11) is 0. The molecule has 29 heavy (non-hydrogen) atoms. The number of rotatable bonds is 3. The number of benzene rings is 3. The summed E-state index contributed by atoms with van der Waals surface area (Å²) < 4.78 is 2.36. The van der Waals surface area contributed by atoms with E-state index < -0.39 is 0 Å². The van der Waals surface area contributed by atoms with E-state index in [1.807, 2.05) is 18.2 Å². The molecule has 1 fully saturated rings. The Kier molecular flexibility index (Phi) is 4.74. The molecule has 0 radical (unpaired) electrons. The molecule has 0 amide bonds. The summed E-state index contributed by atoms with van der Waals surface area (Å²) in [6, 6.07) is 29.3. The largest absolute Gasteiger partial charge is 0.354 e. The lowest BCUT2D eigenvalue weighted by Gasteiger charge is -2.42. The summed E-state index contributed by atoms with van der Waals surface area (Å²) in [6.07, 6.45) is 2.17. The number of para-hydroxylation sites is 1. The molecule has 1 saturated heterocycles. The van der Waals surface area contributed by atoms with E-state index in [-0.39, 0.29) is 18.1 Å². The minimum absolute atomic E-state index is 0.00188. The van der Waals surface area contributed by atoms with Crippen molar-refractivity contribution in [2.45, 2.75) is 18.1 Å². The molecule has 5 heteroatoms. The predicted molar refractivity (Wildman–Crippen MR) is 123 cm³/mol. The smallest absolute Gasteiger partial charge is 0.167 e. The van der Waals surface area contributed by atoms with Crippen molar-refractivity contribution in [1.82, 2.24) is 15.2 Å². The van der Waals surface area contributed by atoms with Crippen molar-refractivity contribution in [3.63, 3.8) is 0 Å². The van der Waals surface area contributed by atoms with Gasteiger partial charge in [-0.25, -0.2) is 0 Å². The Bertz CT molecular complexity index is 1150. The van der Waals surface area contributed by atoms with Gasteiger partial charge in [-0.15, -0.1) is 0 Å². The topological polar surface area (TPSA) is 29.0 Å². The summed E-state index contributed by atoms with van der Waals surface area (Å²) >= 11 is 11.8. The first kappa shape index (κ1) is 18.2. The van der Waals surface area contributed by atoms with Crippen LogP contribution in [0.2, 0.25) is 5.02 Å². The zero-order chi connectivity index (χ0) is 19.8. The molecule has 5 rings (SSSR count). The van der Waals surface area contributed by atoms with Gasteiger partial charge in [0.2, 0.25) is 0 Å². The Morgan fingerprint density at radius 1 is 0.724 bits per heavy atom. The second kappa shape index (κ2) is 7.54. The first-order chi connectivity index (χ1) is 14.2. The normalized spacial score (nSPS) is 21.6. The maximum atomic E-state index is 6.15. The van der Waals surface area contributed by atoms with Gasteiger partial charge in [-0.05, 0) is 53.0 Å². The minimum atomic E-state index is 0.00188. The van der Waals surface area contributed by atoms with Crippen LogP contribution in [0.5, 0.6) is 0 Å². The molecule has 2 N–H and O–H groups in total. The summed E-state index contributed by atoms with van der Waals surface area (Å²) in [6.45, 7) is 0. The van der Waals surface area contributed by atoms with E-state index in [0.29, 0.717) is 5.11 Å². The zero-order valence-electron chi connectivity index (χ0n) is 15.6. The SMILES string of the molecule is S=C1NC(c2ccccc2)C(n2ccc3ccccc32)C(c2ccc(Cl)cc2)N1. The van der Waals surface area contributed by atoms with Gasteiger partial charge in [-0.1, -0.05) is 72.3 Å². The van der Waals surface area contributed by atoms with E-state index in [2.05, 4.69) is 88.1 Å². The fourth-order valence-electron chi connectivity index (χ4n) is 4.26. The predicted octanol–water partition coefficient (Wildman–Crippen LogP) is 5.80. The second-order valence-electron chi connectivity index (χ2n) is 7.31. The average Bonchev–Trinajstić information content (AvgIpc) is 3.18. The third-order valence-corrected chi connectivity index (χ3v) is 6.08. The molecule has 2 heterocycles. The van der Waals surface area contributed by atoms with E-state index in [0.717, 1.165) is 10.6 Å². The molecule has 0 bridgehead atoms. The molecule has 3 unspecified atom stereocenters. The molecule has 0 aliphatic carbocycles. The summed E-state index contributed by atoms with van der Waals surface area (Å²) in [4.78, 5) is 0.